The van der Waals surface area contributed by atoms with E-state index in [4.69, 9.17) is 16.7 Å². The van der Waals surface area contributed by atoms with Crippen LogP contribution in [-0.2, 0) is 4.79 Å². The molecular formula is C12H13ClN2O5. The van der Waals surface area contributed by atoms with Gasteiger partial charge in [-0.05, 0) is 12.5 Å². The van der Waals surface area contributed by atoms with Gasteiger partial charge in [-0.25, -0.2) is 4.79 Å². The maximum absolute atomic E-state index is 11.9. The summed E-state index contributed by atoms with van der Waals surface area (Å²) in [5.74, 6) is -1.92. The first-order valence-corrected chi connectivity index (χ1v) is 6.22. The van der Waals surface area contributed by atoms with Crippen molar-refractivity contribution in [2.45, 2.75) is 25.8 Å². The van der Waals surface area contributed by atoms with Crippen LogP contribution in [0.4, 0.5) is 5.69 Å². The number of hydrogen-bond donors (Lipinski definition) is 2. The van der Waals surface area contributed by atoms with Gasteiger partial charge in [0.25, 0.3) is 11.6 Å². The van der Waals surface area contributed by atoms with Crippen LogP contribution in [0.5, 0.6) is 0 Å². The number of nitrogens with zero attached hydrogens (tertiary/aromatic N) is 1. The van der Waals surface area contributed by atoms with Crippen LogP contribution in [0, 0.1) is 10.1 Å². The fraction of sp³-hybridized carbons (Fsp3) is 0.333. The predicted molar refractivity (Wildman–Crippen MR) is 71.9 cm³/mol. The number of amides is 1. The minimum atomic E-state index is -1.17. The molecule has 0 saturated heterocycles. The van der Waals surface area contributed by atoms with Gasteiger partial charge in [-0.15, -0.1) is 0 Å². The Morgan fingerprint density at radius 2 is 2.15 bits per heavy atom. The van der Waals surface area contributed by atoms with Crippen LogP contribution in [0.15, 0.2) is 18.2 Å². The van der Waals surface area contributed by atoms with Crippen molar-refractivity contribution < 1.29 is 19.6 Å². The molecule has 0 heterocycles. The molecule has 7 nitrogen and oxygen atoms in total. The van der Waals surface area contributed by atoms with E-state index in [1.54, 1.807) is 6.92 Å². The lowest BCUT2D eigenvalue weighted by molar-refractivity contribution is -0.384. The van der Waals surface area contributed by atoms with Crippen molar-refractivity contribution in [3.63, 3.8) is 0 Å². The van der Waals surface area contributed by atoms with Gasteiger partial charge in [-0.2, -0.15) is 0 Å². The highest BCUT2D eigenvalue weighted by atomic mass is 35.5. The van der Waals surface area contributed by atoms with E-state index in [1.807, 2.05) is 0 Å². The molecule has 0 aliphatic heterocycles. The number of halogens is 1. The van der Waals surface area contributed by atoms with Gasteiger partial charge in [0, 0.05) is 12.1 Å². The molecule has 0 fully saturated rings. The molecule has 1 atom stereocenters. The zero-order valence-electron chi connectivity index (χ0n) is 10.6. The first-order chi connectivity index (χ1) is 9.36. The van der Waals surface area contributed by atoms with Gasteiger partial charge in [0.05, 0.1) is 15.5 Å². The van der Waals surface area contributed by atoms with E-state index in [9.17, 15) is 19.7 Å². The number of benzene rings is 1. The third-order valence-electron chi connectivity index (χ3n) is 2.59. The molecule has 0 aliphatic rings. The molecule has 1 aromatic rings. The van der Waals surface area contributed by atoms with E-state index in [2.05, 4.69) is 5.32 Å². The van der Waals surface area contributed by atoms with Crippen molar-refractivity contribution in [3.8, 4) is 0 Å². The second-order valence-electron chi connectivity index (χ2n) is 4.07. The second kappa shape index (κ2) is 6.85. The van der Waals surface area contributed by atoms with E-state index < -0.39 is 22.8 Å². The first kappa shape index (κ1) is 15.9. The SMILES string of the molecule is CCCC(NC(=O)c1cc([N+](=O)[O-])ccc1Cl)C(=O)O. The largest absolute Gasteiger partial charge is 0.480 e. The van der Waals surface area contributed by atoms with E-state index in [0.717, 1.165) is 6.07 Å². The number of nitro benzene ring substituents is 1. The van der Waals surface area contributed by atoms with Crippen LogP contribution in [0.3, 0.4) is 0 Å². The Kier molecular flexibility index (Phi) is 5.45. The summed E-state index contributed by atoms with van der Waals surface area (Å²) in [6, 6.07) is 2.36. The van der Waals surface area contributed by atoms with E-state index in [0.29, 0.717) is 6.42 Å². The molecule has 1 unspecified atom stereocenters. The molecule has 2 N–H and O–H groups in total. The summed E-state index contributed by atoms with van der Waals surface area (Å²) in [6.07, 6.45) is 0.827. The van der Waals surface area contributed by atoms with E-state index >= 15 is 0 Å². The Bertz CT molecular complexity index is 547. The van der Waals surface area contributed by atoms with Gasteiger partial charge >= 0.3 is 5.97 Å². The lowest BCUT2D eigenvalue weighted by atomic mass is 10.1. The Morgan fingerprint density at radius 1 is 1.50 bits per heavy atom. The quantitative estimate of drug-likeness (QED) is 0.618. The third-order valence-corrected chi connectivity index (χ3v) is 2.92. The van der Waals surface area contributed by atoms with Crippen molar-refractivity contribution >= 4 is 29.2 Å². The molecule has 0 saturated carbocycles. The van der Waals surface area contributed by atoms with Crippen molar-refractivity contribution in [1.82, 2.24) is 5.32 Å². The summed E-state index contributed by atoms with van der Waals surface area (Å²) in [4.78, 5) is 32.9. The summed E-state index contributed by atoms with van der Waals surface area (Å²) in [6.45, 7) is 1.78. The zero-order chi connectivity index (χ0) is 15.3. The van der Waals surface area contributed by atoms with E-state index in [1.165, 1.54) is 12.1 Å². The third kappa shape index (κ3) is 3.92. The molecule has 0 aliphatic carbocycles. The highest BCUT2D eigenvalue weighted by Gasteiger charge is 2.22. The molecule has 20 heavy (non-hydrogen) atoms. The topological polar surface area (TPSA) is 110 Å². The molecule has 1 rings (SSSR count). The number of nitro groups is 1. The normalized spacial score (nSPS) is 11.7. The number of rotatable bonds is 6. The van der Waals surface area contributed by atoms with Crippen LogP contribution in [0.25, 0.3) is 0 Å². The summed E-state index contributed by atoms with van der Waals surface area (Å²) < 4.78 is 0. The van der Waals surface area contributed by atoms with Crippen molar-refractivity contribution in [2.24, 2.45) is 0 Å². The molecule has 0 radical (unpaired) electrons. The maximum atomic E-state index is 11.9. The van der Waals surface area contributed by atoms with E-state index in [-0.39, 0.29) is 22.7 Å². The minimum Gasteiger partial charge on any atom is -0.480 e. The number of carbonyl (C=O) groups excluding carboxylic acids is 1. The molecular weight excluding hydrogens is 288 g/mol. The Labute approximate surface area is 119 Å². The first-order valence-electron chi connectivity index (χ1n) is 5.84. The average molecular weight is 301 g/mol. The van der Waals surface area contributed by atoms with Crippen LogP contribution >= 0.6 is 11.6 Å². The summed E-state index contributed by atoms with van der Waals surface area (Å²) in [7, 11) is 0. The number of hydrogen-bond acceptors (Lipinski definition) is 4. The molecule has 1 aromatic carbocycles. The minimum absolute atomic E-state index is 0.0220. The Hall–Kier alpha value is -2.15. The van der Waals surface area contributed by atoms with Crippen LogP contribution in [0.2, 0.25) is 5.02 Å². The lowest BCUT2D eigenvalue weighted by Crippen LogP contribution is -2.40. The van der Waals surface area contributed by atoms with Crippen molar-refractivity contribution in [1.29, 1.82) is 0 Å². The molecule has 1 amide bonds. The fourth-order valence-corrected chi connectivity index (χ4v) is 1.79. The van der Waals surface area contributed by atoms with Crippen molar-refractivity contribution in [3.05, 3.63) is 38.9 Å². The summed E-state index contributed by atoms with van der Waals surface area (Å²) in [5.41, 5.74) is -0.412. The summed E-state index contributed by atoms with van der Waals surface area (Å²) >= 11 is 5.81. The van der Waals surface area contributed by atoms with Gasteiger partial charge in [-0.1, -0.05) is 24.9 Å². The van der Waals surface area contributed by atoms with Gasteiger partial charge in [0.15, 0.2) is 0 Å². The lowest BCUT2D eigenvalue weighted by Gasteiger charge is -2.14. The number of aliphatic carboxylic acids is 1. The molecule has 8 heteroatoms. The molecule has 108 valence electrons. The highest BCUT2D eigenvalue weighted by molar-refractivity contribution is 6.34. The molecule has 0 aromatic heterocycles. The monoisotopic (exact) mass is 300 g/mol. The van der Waals surface area contributed by atoms with Gasteiger partial charge < -0.3 is 10.4 Å². The highest BCUT2D eigenvalue weighted by Crippen LogP contribution is 2.22. The van der Waals surface area contributed by atoms with Crippen molar-refractivity contribution in [2.75, 3.05) is 0 Å². The molecule has 0 bridgehead atoms. The van der Waals surface area contributed by atoms with Gasteiger partial charge in [0.2, 0.25) is 0 Å². The predicted octanol–water partition coefficient (Wildman–Crippen LogP) is 2.23. The summed E-state index contributed by atoms with van der Waals surface area (Å²) in [5, 5.41) is 21.9. The number of non-ortho nitro benzene ring substituents is 1. The standard InChI is InChI=1S/C12H13ClN2O5/c1-2-3-10(12(17)18)14-11(16)8-6-7(15(19)20)4-5-9(8)13/h4-6,10H,2-3H2,1H3,(H,14,16)(H,17,18). The number of carboxylic acids is 1. The maximum Gasteiger partial charge on any atom is 0.326 e. The van der Waals surface area contributed by atoms with Gasteiger partial charge in [-0.3, -0.25) is 14.9 Å². The number of nitrogens with one attached hydrogen (secondary N) is 1. The molecule has 0 spiro atoms. The number of carbonyl (C=O) groups is 2. The average Bonchev–Trinajstić information content (AvgIpc) is 2.38. The van der Waals surface area contributed by atoms with Crippen LogP contribution < -0.4 is 5.32 Å². The Balaban J connectivity index is 2.99. The number of carboxylic acid groups (broad SMARTS) is 1. The van der Waals surface area contributed by atoms with Crippen LogP contribution in [-0.4, -0.2) is 27.9 Å². The van der Waals surface area contributed by atoms with Gasteiger partial charge in [0.1, 0.15) is 6.04 Å². The van der Waals surface area contributed by atoms with Crippen LogP contribution in [0.1, 0.15) is 30.1 Å². The smallest absolute Gasteiger partial charge is 0.326 e. The second-order valence-corrected chi connectivity index (χ2v) is 4.48. The zero-order valence-corrected chi connectivity index (χ0v) is 11.4. The fourth-order valence-electron chi connectivity index (χ4n) is 1.58. The Morgan fingerprint density at radius 3 is 2.65 bits per heavy atom.